The molecule has 96 valence electrons. The van der Waals surface area contributed by atoms with Gasteiger partial charge < -0.3 is 5.32 Å². The summed E-state index contributed by atoms with van der Waals surface area (Å²) in [6.45, 7) is 0. The zero-order valence-corrected chi connectivity index (χ0v) is 9.96. The molecule has 1 aliphatic heterocycles. The number of rotatable bonds is 1. The number of anilines is 1. The van der Waals surface area contributed by atoms with Gasteiger partial charge in [0.05, 0.1) is 0 Å². The fraction of sp³-hybridized carbons (Fsp3) is 0.0833. The van der Waals surface area contributed by atoms with Crippen molar-refractivity contribution in [2.45, 2.75) is 5.51 Å². The predicted octanol–water partition coefficient (Wildman–Crippen LogP) is 4.58. The first-order valence-electron chi connectivity index (χ1n) is 5.06. The molecule has 6 heteroatoms. The van der Waals surface area contributed by atoms with Crippen LogP contribution in [-0.4, -0.2) is 10.7 Å². The second kappa shape index (κ2) is 4.53. The van der Waals surface area contributed by atoms with E-state index in [0.29, 0.717) is 5.69 Å². The van der Waals surface area contributed by atoms with Gasteiger partial charge in [-0.2, -0.15) is 13.2 Å². The average Bonchev–Trinajstić information content (AvgIpc) is 2.80. The molecule has 1 aliphatic rings. The van der Waals surface area contributed by atoms with Crippen molar-refractivity contribution in [2.75, 3.05) is 5.32 Å². The third-order valence-electron chi connectivity index (χ3n) is 2.41. The van der Waals surface area contributed by atoms with Gasteiger partial charge in [-0.15, -0.1) is 0 Å². The number of para-hydroxylation sites is 1. The first-order chi connectivity index (χ1) is 8.46. The summed E-state index contributed by atoms with van der Waals surface area (Å²) in [5.41, 5.74) is -4.22. The first kappa shape index (κ1) is 12.8. The molecule has 1 N–H and O–H groups in total. The number of carbonyl (C=O) groups is 1. The number of benzene rings is 1. The molecule has 0 radical (unpaired) electrons. The molecule has 1 amide bonds. The Morgan fingerprint density at radius 3 is 2.11 bits per heavy atom. The minimum Gasteiger partial charge on any atom is -0.317 e. The van der Waals surface area contributed by atoms with Crippen molar-refractivity contribution >= 4 is 21.0 Å². The van der Waals surface area contributed by atoms with Crippen LogP contribution in [0.3, 0.4) is 0 Å². The van der Waals surface area contributed by atoms with E-state index < -0.39 is 20.8 Å². The summed E-state index contributed by atoms with van der Waals surface area (Å²) in [5, 5.41) is 3.16. The van der Waals surface area contributed by atoms with Crippen molar-refractivity contribution < 1.29 is 18.0 Å². The van der Waals surface area contributed by atoms with E-state index in [-0.39, 0.29) is 0 Å². The summed E-state index contributed by atoms with van der Waals surface area (Å²) in [7, 11) is -3.57. The summed E-state index contributed by atoms with van der Waals surface area (Å²) < 4.78 is 39.1. The molecule has 2 nitrogen and oxygen atoms in total. The maximum atomic E-state index is 13.0. The highest BCUT2D eigenvalue weighted by atomic mass is 32.3. The maximum Gasteiger partial charge on any atom is 0.440 e. The topological polar surface area (TPSA) is 29.1 Å². The van der Waals surface area contributed by atoms with Gasteiger partial charge in [0.15, 0.2) is 0 Å². The Balaban J connectivity index is 2.27. The van der Waals surface area contributed by atoms with Crippen LogP contribution in [0.1, 0.15) is 0 Å². The van der Waals surface area contributed by atoms with Crippen molar-refractivity contribution in [1.29, 1.82) is 0 Å². The second-order valence-electron chi connectivity index (χ2n) is 3.59. The molecule has 2 rings (SSSR count). The van der Waals surface area contributed by atoms with Crippen LogP contribution in [0.15, 0.2) is 53.3 Å². The van der Waals surface area contributed by atoms with E-state index in [9.17, 15) is 18.0 Å². The highest BCUT2D eigenvalue weighted by Crippen LogP contribution is 2.66. The molecule has 1 aromatic rings. The lowest BCUT2D eigenvalue weighted by Crippen LogP contribution is -2.27. The minimum atomic E-state index is -4.57. The fourth-order valence-corrected chi connectivity index (χ4v) is 3.31. The number of carbonyl (C=O) groups excluding carboxylic acids is 1. The highest BCUT2D eigenvalue weighted by Gasteiger charge is 2.53. The van der Waals surface area contributed by atoms with Gasteiger partial charge in [0.1, 0.15) is 0 Å². The Labute approximate surface area is 104 Å². The van der Waals surface area contributed by atoms with E-state index in [4.69, 9.17) is 0 Å². The Morgan fingerprint density at radius 1 is 1.06 bits per heavy atom. The van der Waals surface area contributed by atoms with Crippen molar-refractivity contribution in [3.8, 4) is 0 Å². The predicted molar refractivity (Wildman–Crippen MR) is 67.4 cm³/mol. The molecular formula is C12H10F3NOS. The van der Waals surface area contributed by atoms with E-state index in [0.717, 1.165) is 10.8 Å². The number of allylic oxidation sites excluding steroid dienone is 2. The molecule has 18 heavy (non-hydrogen) atoms. The summed E-state index contributed by atoms with van der Waals surface area (Å²) in [6.07, 6.45) is 2.51. The zero-order chi connectivity index (χ0) is 13.2. The van der Waals surface area contributed by atoms with E-state index >= 15 is 0 Å². The van der Waals surface area contributed by atoms with Gasteiger partial charge in [-0.3, -0.25) is 4.79 Å². The quantitative estimate of drug-likeness (QED) is 0.797. The lowest BCUT2D eigenvalue weighted by molar-refractivity contribution is -0.0354. The summed E-state index contributed by atoms with van der Waals surface area (Å²) in [4.78, 5) is 11.9. The van der Waals surface area contributed by atoms with Crippen LogP contribution in [0.4, 0.5) is 23.7 Å². The number of halogens is 3. The third kappa shape index (κ3) is 2.15. The van der Waals surface area contributed by atoms with Crippen LogP contribution in [0.25, 0.3) is 0 Å². The van der Waals surface area contributed by atoms with Gasteiger partial charge in [0.2, 0.25) is 0 Å². The Hall–Kier alpha value is -1.69. The summed E-state index contributed by atoms with van der Waals surface area (Å²) in [6, 6.07) is 8.10. The monoisotopic (exact) mass is 273 g/mol. The Kier molecular flexibility index (Phi) is 3.21. The van der Waals surface area contributed by atoms with Crippen LogP contribution < -0.4 is 5.32 Å². The minimum absolute atomic E-state index is 0.354. The van der Waals surface area contributed by atoms with Gasteiger partial charge in [0, 0.05) is 5.69 Å². The summed E-state index contributed by atoms with van der Waals surface area (Å²) >= 11 is 0. The number of amides is 1. The van der Waals surface area contributed by atoms with E-state index in [1.807, 2.05) is 0 Å². The molecule has 0 bridgehead atoms. The molecule has 0 spiro atoms. The Morgan fingerprint density at radius 2 is 1.61 bits per heavy atom. The first-order valence-corrected chi connectivity index (χ1v) is 6.82. The van der Waals surface area contributed by atoms with Crippen LogP contribution >= 0.6 is 10.0 Å². The molecule has 0 saturated heterocycles. The van der Waals surface area contributed by atoms with Crippen LogP contribution in [0.2, 0.25) is 0 Å². The number of hydrogen-bond donors (Lipinski definition) is 1. The van der Waals surface area contributed by atoms with Crippen molar-refractivity contribution in [3.63, 3.8) is 0 Å². The fourth-order valence-electron chi connectivity index (χ4n) is 1.49. The van der Waals surface area contributed by atoms with Gasteiger partial charge in [-0.25, -0.2) is 0 Å². The van der Waals surface area contributed by atoms with Gasteiger partial charge in [-0.1, -0.05) is 30.4 Å². The lowest BCUT2D eigenvalue weighted by Gasteiger charge is -2.31. The molecule has 1 heterocycles. The maximum absolute atomic E-state index is 13.0. The molecule has 0 aromatic heterocycles. The van der Waals surface area contributed by atoms with Gasteiger partial charge in [0.25, 0.3) is 5.24 Å². The SMILES string of the molecule is O=C(Nc1ccccc1)S1(C(F)(F)F)C=CC=C1. The van der Waals surface area contributed by atoms with Gasteiger partial charge >= 0.3 is 5.51 Å². The van der Waals surface area contributed by atoms with Crippen LogP contribution in [-0.2, 0) is 0 Å². The largest absolute Gasteiger partial charge is 0.440 e. The Bertz CT molecular complexity index is 496. The number of alkyl halides is 3. The lowest BCUT2D eigenvalue weighted by atomic mass is 10.3. The van der Waals surface area contributed by atoms with Crippen molar-refractivity contribution in [1.82, 2.24) is 0 Å². The van der Waals surface area contributed by atoms with Crippen molar-refractivity contribution in [2.24, 2.45) is 0 Å². The number of nitrogens with one attached hydrogen (secondary N) is 1. The van der Waals surface area contributed by atoms with Gasteiger partial charge in [-0.05, 0) is 33.0 Å². The molecule has 0 saturated carbocycles. The summed E-state index contributed by atoms with van der Waals surface area (Å²) in [5.74, 6) is 0. The smallest absolute Gasteiger partial charge is 0.317 e. The normalized spacial score (nSPS) is 18.6. The van der Waals surface area contributed by atoms with Crippen LogP contribution in [0.5, 0.6) is 0 Å². The van der Waals surface area contributed by atoms with E-state index in [1.165, 1.54) is 12.2 Å². The molecule has 1 aromatic carbocycles. The average molecular weight is 273 g/mol. The molecule has 0 aliphatic carbocycles. The molecule has 0 fully saturated rings. The van der Waals surface area contributed by atoms with E-state index in [2.05, 4.69) is 5.32 Å². The van der Waals surface area contributed by atoms with Crippen molar-refractivity contribution in [3.05, 3.63) is 53.3 Å². The van der Waals surface area contributed by atoms with Crippen LogP contribution in [0, 0.1) is 0 Å². The molecule has 0 unspecified atom stereocenters. The third-order valence-corrected chi connectivity index (χ3v) is 5.06. The number of hydrogen-bond acceptors (Lipinski definition) is 1. The second-order valence-corrected chi connectivity index (χ2v) is 6.39. The highest BCUT2D eigenvalue weighted by molar-refractivity contribution is 8.50. The zero-order valence-electron chi connectivity index (χ0n) is 9.15. The standard InChI is InChI=1S/C12H10F3NOS/c13-12(14,15)18(8-4-5-9-18)11(17)16-10-6-2-1-3-7-10/h1-9H,(H,16,17). The van der Waals surface area contributed by atoms with E-state index in [1.54, 1.807) is 30.3 Å². The molecule has 0 atom stereocenters. The molecular weight excluding hydrogens is 263 g/mol.